The molecule has 2 heterocycles. The van der Waals surface area contributed by atoms with E-state index >= 15 is 0 Å². The van der Waals surface area contributed by atoms with Crippen molar-refractivity contribution in [2.45, 2.75) is 6.54 Å². The van der Waals surface area contributed by atoms with Gasteiger partial charge in [-0.2, -0.15) is 0 Å². The average Bonchev–Trinajstić information content (AvgIpc) is 2.56. The summed E-state index contributed by atoms with van der Waals surface area (Å²) in [4.78, 5) is 11.4. The molecule has 0 amide bonds. The van der Waals surface area contributed by atoms with Gasteiger partial charge in [-0.05, 0) is 6.07 Å². The zero-order chi connectivity index (χ0) is 9.97. The molecule has 2 aromatic rings. The summed E-state index contributed by atoms with van der Waals surface area (Å²) in [5.41, 5.74) is -0.0319. The first-order valence-electron chi connectivity index (χ1n) is 4.26. The van der Waals surface area contributed by atoms with Crippen LogP contribution in [0.3, 0.4) is 0 Å². The van der Waals surface area contributed by atoms with E-state index in [4.69, 9.17) is 0 Å². The van der Waals surface area contributed by atoms with Crippen LogP contribution >= 0.6 is 0 Å². The summed E-state index contributed by atoms with van der Waals surface area (Å²) in [5.74, 6) is 0.762. The summed E-state index contributed by atoms with van der Waals surface area (Å²) >= 11 is 0. The quantitative estimate of drug-likeness (QED) is 0.671. The van der Waals surface area contributed by atoms with Crippen molar-refractivity contribution in [3.8, 4) is 0 Å². The number of aryl methyl sites for hydroxylation is 1. The van der Waals surface area contributed by atoms with Gasteiger partial charge in [-0.25, -0.2) is 0 Å². The minimum Gasteiger partial charge on any atom is -0.319 e. The maximum Gasteiger partial charge on any atom is 0.250 e. The lowest BCUT2D eigenvalue weighted by Gasteiger charge is -2.03. The Morgan fingerprint density at radius 1 is 1.43 bits per heavy atom. The van der Waals surface area contributed by atoms with Gasteiger partial charge >= 0.3 is 0 Å². The predicted molar refractivity (Wildman–Crippen MR) is 50.8 cm³/mol. The predicted octanol–water partition coefficient (Wildman–Crippen LogP) is 0.0251. The van der Waals surface area contributed by atoms with Gasteiger partial charge in [0.15, 0.2) is 5.82 Å². The van der Waals surface area contributed by atoms with Gasteiger partial charge in [0.1, 0.15) is 6.33 Å². The van der Waals surface area contributed by atoms with Gasteiger partial charge in [-0.3, -0.25) is 4.79 Å². The second-order valence-corrected chi connectivity index (χ2v) is 3.02. The van der Waals surface area contributed by atoms with Crippen molar-refractivity contribution in [2.75, 3.05) is 0 Å². The molecule has 0 fully saturated rings. The lowest BCUT2D eigenvalue weighted by molar-refractivity contribution is 0.677. The van der Waals surface area contributed by atoms with E-state index in [1.807, 2.05) is 13.1 Å². The Balaban J connectivity index is 2.32. The molecular formula is C9H10N4O. The fourth-order valence-electron chi connectivity index (χ4n) is 1.19. The van der Waals surface area contributed by atoms with Gasteiger partial charge in [-0.1, -0.05) is 6.07 Å². The van der Waals surface area contributed by atoms with Crippen molar-refractivity contribution in [1.82, 2.24) is 19.3 Å². The molecule has 5 heteroatoms. The number of nitrogens with zero attached hydrogens (tertiary/aromatic N) is 4. The molecule has 0 aliphatic rings. The summed E-state index contributed by atoms with van der Waals surface area (Å²) in [6, 6.07) is 5.06. The largest absolute Gasteiger partial charge is 0.319 e. The van der Waals surface area contributed by atoms with E-state index in [0.717, 1.165) is 5.82 Å². The SMILES string of the molecule is Cn1cnnc1Cn1ccccc1=O. The monoisotopic (exact) mass is 190 g/mol. The van der Waals surface area contributed by atoms with Gasteiger partial charge in [0, 0.05) is 19.3 Å². The first-order chi connectivity index (χ1) is 6.77. The van der Waals surface area contributed by atoms with Crippen LogP contribution in [-0.2, 0) is 13.6 Å². The Kier molecular flexibility index (Phi) is 2.14. The second-order valence-electron chi connectivity index (χ2n) is 3.02. The zero-order valence-electron chi connectivity index (χ0n) is 7.79. The summed E-state index contributed by atoms with van der Waals surface area (Å²) in [6.07, 6.45) is 3.35. The molecular weight excluding hydrogens is 180 g/mol. The molecule has 0 N–H and O–H groups in total. The minimum atomic E-state index is -0.0319. The molecule has 0 aromatic carbocycles. The molecule has 14 heavy (non-hydrogen) atoms. The molecule has 2 rings (SSSR count). The molecule has 0 saturated heterocycles. The highest BCUT2D eigenvalue weighted by atomic mass is 16.1. The lowest BCUT2D eigenvalue weighted by atomic mass is 10.4. The van der Waals surface area contributed by atoms with Crippen molar-refractivity contribution in [3.63, 3.8) is 0 Å². The summed E-state index contributed by atoms with van der Waals surface area (Å²) < 4.78 is 3.38. The van der Waals surface area contributed by atoms with Crippen molar-refractivity contribution in [1.29, 1.82) is 0 Å². The molecule has 0 aliphatic carbocycles. The van der Waals surface area contributed by atoms with Crippen molar-refractivity contribution in [3.05, 3.63) is 46.9 Å². The van der Waals surface area contributed by atoms with E-state index in [0.29, 0.717) is 6.54 Å². The van der Waals surface area contributed by atoms with Crippen LogP contribution in [0.2, 0.25) is 0 Å². The molecule has 0 unspecified atom stereocenters. The fraction of sp³-hybridized carbons (Fsp3) is 0.222. The topological polar surface area (TPSA) is 52.7 Å². The van der Waals surface area contributed by atoms with Gasteiger partial charge in [-0.15, -0.1) is 10.2 Å². The maximum atomic E-state index is 11.4. The van der Waals surface area contributed by atoms with Gasteiger partial charge in [0.2, 0.25) is 0 Å². The van der Waals surface area contributed by atoms with E-state index in [1.165, 1.54) is 6.07 Å². The number of rotatable bonds is 2. The molecule has 2 aromatic heterocycles. The Labute approximate surface area is 80.6 Å². The molecule has 0 bridgehead atoms. The minimum absolute atomic E-state index is 0.0319. The van der Waals surface area contributed by atoms with Crippen LogP contribution < -0.4 is 5.56 Å². The second kappa shape index (κ2) is 3.45. The Hall–Kier alpha value is -1.91. The van der Waals surface area contributed by atoms with Crippen LogP contribution in [0.15, 0.2) is 35.5 Å². The highest BCUT2D eigenvalue weighted by Crippen LogP contribution is 1.93. The van der Waals surface area contributed by atoms with E-state index in [9.17, 15) is 4.79 Å². The Bertz CT molecular complexity index is 485. The Morgan fingerprint density at radius 3 is 2.93 bits per heavy atom. The number of pyridine rings is 1. The molecule has 0 atom stereocenters. The highest BCUT2D eigenvalue weighted by molar-refractivity contribution is 4.96. The normalized spacial score (nSPS) is 10.4. The molecule has 0 spiro atoms. The average molecular weight is 190 g/mol. The summed E-state index contributed by atoms with van der Waals surface area (Å²) in [6.45, 7) is 0.455. The number of hydrogen-bond donors (Lipinski definition) is 0. The molecule has 0 saturated carbocycles. The van der Waals surface area contributed by atoms with E-state index < -0.39 is 0 Å². The summed E-state index contributed by atoms with van der Waals surface area (Å²) in [5, 5.41) is 7.65. The number of aromatic nitrogens is 4. The Morgan fingerprint density at radius 2 is 2.29 bits per heavy atom. The third-order valence-corrected chi connectivity index (χ3v) is 2.02. The van der Waals surface area contributed by atoms with E-state index in [2.05, 4.69) is 10.2 Å². The van der Waals surface area contributed by atoms with Crippen molar-refractivity contribution >= 4 is 0 Å². The van der Waals surface area contributed by atoms with Crippen LogP contribution in [0, 0.1) is 0 Å². The van der Waals surface area contributed by atoms with Crippen LogP contribution in [0.4, 0.5) is 0 Å². The van der Waals surface area contributed by atoms with Crippen molar-refractivity contribution in [2.24, 2.45) is 7.05 Å². The van der Waals surface area contributed by atoms with Crippen LogP contribution in [0.25, 0.3) is 0 Å². The van der Waals surface area contributed by atoms with E-state index in [1.54, 1.807) is 27.7 Å². The van der Waals surface area contributed by atoms with Crippen LogP contribution in [-0.4, -0.2) is 19.3 Å². The maximum absolute atomic E-state index is 11.4. The lowest BCUT2D eigenvalue weighted by Crippen LogP contribution is -2.19. The third-order valence-electron chi connectivity index (χ3n) is 2.02. The fourth-order valence-corrected chi connectivity index (χ4v) is 1.19. The zero-order valence-corrected chi connectivity index (χ0v) is 7.79. The molecule has 5 nitrogen and oxygen atoms in total. The smallest absolute Gasteiger partial charge is 0.250 e. The third kappa shape index (κ3) is 1.56. The van der Waals surface area contributed by atoms with Crippen molar-refractivity contribution < 1.29 is 0 Å². The highest BCUT2D eigenvalue weighted by Gasteiger charge is 2.01. The first kappa shape index (κ1) is 8.68. The van der Waals surface area contributed by atoms with E-state index in [-0.39, 0.29) is 5.56 Å². The molecule has 72 valence electrons. The van der Waals surface area contributed by atoms with Crippen LogP contribution in [0.5, 0.6) is 0 Å². The molecule has 0 radical (unpaired) electrons. The first-order valence-corrected chi connectivity index (χ1v) is 4.26. The van der Waals surface area contributed by atoms with Gasteiger partial charge in [0.25, 0.3) is 5.56 Å². The van der Waals surface area contributed by atoms with Gasteiger partial charge < -0.3 is 9.13 Å². The van der Waals surface area contributed by atoms with Crippen LogP contribution in [0.1, 0.15) is 5.82 Å². The molecule has 0 aliphatic heterocycles. The number of hydrogen-bond acceptors (Lipinski definition) is 3. The van der Waals surface area contributed by atoms with Gasteiger partial charge in [0.05, 0.1) is 6.54 Å². The summed E-state index contributed by atoms with van der Waals surface area (Å²) in [7, 11) is 1.85. The standard InChI is InChI=1S/C9H10N4O/c1-12-7-10-11-8(12)6-13-5-3-2-4-9(13)14/h2-5,7H,6H2,1H3.